The highest BCUT2D eigenvalue weighted by molar-refractivity contribution is 5.27. The second kappa shape index (κ2) is 9.71. The van der Waals surface area contributed by atoms with E-state index >= 15 is 0 Å². The van der Waals surface area contributed by atoms with Gasteiger partial charge in [0.1, 0.15) is 0 Å². The third-order valence-electron chi connectivity index (χ3n) is 6.89. The van der Waals surface area contributed by atoms with Gasteiger partial charge in [-0.3, -0.25) is 9.80 Å². The molecule has 2 heteroatoms. The van der Waals surface area contributed by atoms with Crippen LogP contribution in [-0.4, -0.2) is 42.0 Å². The van der Waals surface area contributed by atoms with Crippen molar-refractivity contribution in [2.24, 2.45) is 0 Å². The van der Waals surface area contributed by atoms with Gasteiger partial charge in [0.2, 0.25) is 0 Å². The molecule has 2 aromatic carbocycles. The van der Waals surface area contributed by atoms with Gasteiger partial charge in [-0.15, -0.1) is 0 Å². The van der Waals surface area contributed by atoms with Crippen LogP contribution in [0.4, 0.5) is 0 Å². The Balaban J connectivity index is 1.46. The summed E-state index contributed by atoms with van der Waals surface area (Å²) < 4.78 is 0. The molecule has 0 radical (unpaired) electrons. The predicted molar refractivity (Wildman–Crippen MR) is 119 cm³/mol. The zero-order valence-electron chi connectivity index (χ0n) is 17.5. The second-order valence-corrected chi connectivity index (χ2v) is 8.67. The van der Waals surface area contributed by atoms with Crippen molar-refractivity contribution in [3.8, 4) is 0 Å². The molecule has 1 unspecified atom stereocenters. The van der Waals surface area contributed by atoms with Gasteiger partial charge in [0, 0.05) is 38.3 Å². The lowest BCUT2D eigenvalue weighted by Crippen LogP contribution is -2.51. The molecule has 1 aliphatic heterocycles. The molecule has 0 amide bonds. The molecule has 1 heterocycles. The van der Waals surface area contributed by atoms with E-state index in [0.717, 1.165) is 18.9 Å². The molecule has 4 rings (SSSR count). The largest absolute Gasteiger partial charge is 0.298 e. The number of piperazine rings is 1. The van der Waals surface area contributed by atoms with E-state index < -0.39 is 0 Å². The maximum Gasteiger partial charge on any atom is 0.0389 e. The van der Waals surface area contributed by atoms with E-state index in [2.05, 4.69) is 71.3 Å². The molecule has 0 aromatic heterocycles. The maximum atomic E-state index is 2.79. The van der Waals surface area contributed by atoms with E-state index in [9.17, 15) is 0 Å². The quantitative estimate of drug-likeness (QED) is 0.658. The summed E-state index contributed by atoms with van der Waals surface area (Å²) in [5.74, 6) is 0. The highest BCUT2D eigenvalue weighted by atomic mass is 15.3. The zero-order chi connectivity index (χ0) is 19.2. The Bertz CT molecular complexity index is 712. The molecule has 28 heavy (non-hydrogen) atoms. The topological polar surface area (TPSA) is 6.48 Å². The standard InChI is InChI=1S/C26H36N2/c1-2-22-10-9-11-23(20-22)21-26(24-12-5-3-6-13-24)28-18-16-27(17-19-28)25-14-7-4-8-15-25/h3,5-6,9-13,20,25-26H,2,4,7-8,14-19,21H2,1H3. The predicted octanol–water partition coefficient (Wildman–Crippen LogP) is 5.48. The lowest BCUT2D eigenvalue weighted by Gasteiger charge is -2.43. The minimum atomic E-state index is 0.488. The smallest absolute Gasteiger partial charge is 0.0389 e. The lowest BCUT2D eigenvalue weighted by molar-refractivity contribution is 0.0559. The van der Waals surface area contributed by atoms with Crippen LogP contribution in [0.5, 0.6) is 0 Å². The fraction of sp³-hybridized carbons (Fsp3) is 0.538. The first kappa shape index (κ1) is 19.7. The van der Waals surface area contributed by atoms with Crippen LogP contribution in [0, 0.1) is 0 Å². The number of hydrogen-bond acceptors (Lipinski definition) is 2. The van der Waals surface area contributed by atoms with Crippen LogP contribution < -0.4 is 0 Å². The average molecular weight is 377 g/mol. The summed E-state index contributed by atoms with van der Waals surface area (Å²) >= 11 is 0. The fourth-order valence-corrected chi connectivity index (χ4v) is 5.19. The molecular weight excluding hydrogens is 340 g/mol. The first-order chi connectivity index (χ1) is 13.8. The average Bonchev–Trinajstić information content (AvgIpc) is 2.79. The van der Waals surface area contributed by atoms with Crippen LogP contribution in [0.15, 0.2) is 54.6 Å². The number of rotatable bonds is 6. The van der Waals surface area contributed by atoms with Crippen molar-refractivity contribution in [2.75, 3.05) is 26.2 Å². The van der Waals surface area contributed by atoms with Gasteiger partial charge in [0.15, 0.2) is 0 Å². The first-order valence-corrected chi connectivity index (χ1v) is 11.4. The van der Waals surface area contributed by atoms with Gasteiger partial charge in [-0.1, -0.05) is 80.8 Å². The van der Waals surface area contributed by atoms with Crippen LogP contribution >= 0.6 is 0 Å². The Morgan fingerprint density at radius 2 is 1.54 bits per heavy atom. The Hall–Kier alpha value is -1.64. The molecular formula is C26H36N2. The molecule has 2 fully saturated rings. The molecule has 150 valence electrons. The van der Waals surface area contributed by atoms with Crippen molar-refractivity contribution in [3.05, 3.63) is 71.3 Å². The summed E-state index contributed by atoms with van der Waals surface area (Å²) in [6.45, 7) is 7.12. The molecule has 1 atom stereocenters. The van der Waals surface area contributed by atoms with Gasteiger partial charge < -0.3 is 0 Å². The van der Waals surface area contributed by atoms with E-state index in [0.29, 0.717) is 6.04 Å². The number of benzene rings is 2. The van der Waals surface area contributed by atoms with Gasteiger partial charge in [-0.05, 0) is 42.4 Å². The maximum absolute atomic E-state index is 2.79. The molecule has 0 N–H and O–H groups in total. The molecule has 1 saturated carbocycles. The van der Waals surface area contributed by atoms with Crippen LogP contribution in [0.2, 0.25) is 0 Å². The van der Waals surface area contributed by atoms with E-state index in [1.54, 1.807) is 0 Å². The Kier molecular flexibility index (Phi) is 6.82. The SMILES string of the molecule is CCc1cccc(CC(c2ccccc2)N2CCN(C3CCCCC3)CC2)c1. The molecule has 0 bridgehead atoms. The van der Waals surface area contributed by atoms with Crippen molar-refractivity contribution in [1.82, 2.24) is 9.80 Å². The van der Waals surface area contributed by atoms with Crippen molar-refractivity contribution >= 4 is 0 Å². The van der Waals surface area contributed by atoms with Crippen molar-refractivity contribution in [1.29, 1.82) is 0 Å². The van der Waals surface area contributed by atoms with Gasteiger partial charge in [0.05, 0.1) is 0 Å². The summed E-state index contributed by atoms with van der Waals surface area (Å²) in [6.07, 6.45) is 9.39. The molecule has 2 nitrogen and oxygen atoms in total. The van der Waals surface area contributed by atoms with Crippen LogP contribution in [0.1, 0.15) is 61.8 Å². The van der Waals surface area contributed by atoms with Gasteiger partial charge in [-0.25, -0.2) is 0 Å². The highest BCUT2D eigenvalue weighted by Gasteiger charge is 2.29. The Labute approximate surface area is 171 Å². The minimum absolute atomic E-state index is 0.488. The first-order valence-electron chi connectivity index (χ1n) is 11.4. The van der Waals surface area contributed by atoms with E-state index in [1.807, 2.05) is 0 Å². The van der Waals surface area contributed by atoms with Gasteiger partial charge in [0.25, 0.3) is 0 Å². The molecule has 0 spiro atoms. The number of hydrogen-bond donors (Lipinski definition) is 0. The van der Waals surface area contributed by atoms with E-state index in [-0.39, 0.29) is 0 Å². The molecule has 2 aromatic rings. The third-order valence-corrected chi connectivity index (χ3v) is 6.89. The summed E-state index contributed by atoms with van der Waals surface area (Å²) in [5.41, 5.74) is 4.39. The minimum Gasteiger partial charge on any atom is -0.298 e. The monoisotopic (exact) mass is 376 g/mol. The summed E-state index contributed by atoms with van der Waals surface area (Å²) in [5, 5.41) is 0. The number of aryl methyl sites for hydroxylation is 1. The van der Waals surface area contributed by atoms with Crippen molar-refractivity contribution in [3.63, 3.8) is 0 Å². The van der Waals surface area contributed by atoms with Crippen molar-refractivity contribution in [2.45, 2.75) is 64.0 Å². The van der Waals surface area contributed by atoms with Gasteiger partial charge >= 0.3 is 0 Å². The van der Waals surface area contributed by atoms with Gasteiger partial charge in [-0.2, -0.15) is 0 Å². The number of nitrogens with zero attached hydrogens (tertiary/aromatic N) is 2. The normalized spacial score (nSPS) is 20.9. The molecule has 1 aliphatic carbocycles. The lowest BCUT2D eigenvalue weighted by atomic mass is 9.93. The van der Waals surface area contributed by atoms with Crippen LogP contribution in [0.3, 0.4) is 0 Å². The van der Waals surface area contributed by atoms with E-state index in [4.69, 9.17) is 0 Å². The fourth-order valence-electron chi connectivity index (χ4n) is 5.19. The summed E-state index contributed by atoms with van der Waals surface area (Å²) in [7, 11) is 0. The Morgan fingerprint density at radius 1 is 0.821 bits per heavy atom. The van der Waals surface area contributed by atoms with Crippen LogP contribution in [-0.2, 0) is 12.8 Å². The summed E-state index contributed by atoms with van der Waals surface area (Å²) in [6, 6.07) is 21.7. The molecule has 2 aliphatic rings. The molecule has 1 saturated heterocycles. The third kappa shape index (κ3) is 4.85. The van der Waals surface area contributed by atoms with Crippen molar-refractivity contribution < 1.29 is 0 Å². The highest BCUT2D eigenvalue weighted by Crippen LogP contribution is 2.29. The Morgan fingerprint density at radius 3 is 2.25 bits per heavy atom. The summed E-state index contributed by atoms with van der Waals surface area (Å²) in [4.78, 5) is 5.53. The second-order valence-electron chi connectivity index (χ2n) is 8.67. The van der Waals surface area contributed by atoms with E-state index in [1.165, 1.54) is 75.0 Å². The van der Waals surface area contributed by atoms with Crippen LogP contribution in [0.25, 0.3) is 0 Å². The zero-order valence-corrected chi connectivity index (χ0v) is 17.5.